The molecule has 1 unspecified atom stereocenters. The minimum Gasteiger partial charge on any atom is -0.491 e. The summed E-state index contributed by atoms with van der Waals surface area (Å²) in [6.07, 6.45) is 6.80. The average Bonchev–Trinajstić information content (AvgIpc) is 3.06. The molecule has 1 aromatic carbocycles. The van der Waals surface area contributed by atoms with Crippen LogP contribution in [-0.4, -0.2) is 24.1 Å². The number of allylic oxidation sites excluding steroid dienone is 2. The van der Waals surface area contributed by atoms with E-state index in [1.165, 1.54) is 36.1 Å². The smallest absolute Gasteiger partial charge is 0.123 e. The molecule has 26 heavy (non-hydrogen) atoms. The molecule has 0 N–H and O–H groups in total. The molecular formula is C24H37NO. The van der Waals surface area contributed by atoms with Gasteiger partial charge in [-0.15, -0.1) is 0 Å². The lowest BCUT2D eigenvalue weighted by Gasteiger charge is -2.30. The zero-order valence-corrected chi connectivity index (χ0v) is 17.3. The summed E-state index contributed by atoms with van der Waals surface area (Å²) >= 11 is 0. The van der Waals surface area contributed by atoms with Gasteiger partial charge in [0, 0.05) is 12.2 Å². The first-order chi connectivity index (χ1) is 12.3. The van der Waals surface area contributed by atoms with E-state index >= 15 is 0 Å². The van der Waals surface area contributed by atoms with Crippen LogP contribution >= 0.6 is 0 Å². The van der Waals surface area contributed by atoms with E-state index in [0.29, 0.717) is 6.04 Å². The Labute approximate surface area is 160 Å². The van der Waals surface area contributed by atoms with Crippen molar-refractivity contribution >= 4 is 0 Å². The van der Waals surface area contributed by atoms with Gasteiger partial charge in [0.15, 0.2) is 0 Å². The van der Waals surface area contributed by atoms with Crippen LogP contribution in [0, 0.1) is 0 Å². The Hall–Kier alpha value is -1.70. The first-order valence-electron chi connectivity index (χ1n) is 10.2. The summed E-state index contributed by atoms with van der Waals surface area (Å²) in [6.45, 7) is 19.3. The number of hydrogen-bond donors (Lipinski definition) is 0. The van der Waals surface area contributed by atoms with E-state index in [9.17, 15) is 0 Å². The fraction of sp³-hybridized carbons (Fsp3) is 0.583. The fourth-order valence-corrected chi connectivity index (χ4v) is 3.77. The van der Waals surface area contributed by atoms with Gasteiger partial charge >= 0.3 is 0 Å². The second-order valence-electron chi connectivity index (χ2n) is 8.61. The minimum absolute atomic E-state index is 0.0925. The summed E-state index contributed by atoms with van der Waals surface area (Å²) in [7, 11) is 0. The van der Waals surface area contributed by atoms with Gasteiger partial charge in [0.25, 0.3) is 0 Å². The van der Waals surface area contributed by atoms with Crippen LogP contribution in [0.25, 0.3) is 0 Å². The molecule has 1 fully saturated rings. The maximum absolute atomic E-state index is 6.29. The van der Waals surface area contributed by atoms with Crippen LogP contribution in [0.3, 0.4) is 0 Å². The largest absolute Gasteiger partial charge is 0.491 e. The van der Waals surface area contributed by atoms with Crippen LogP contribution in [0.2, 0.25) is 0 Å². The van der Waals surface area contributed by atoms with Gasteiger partial charge in [0.1, 0.15) is 12.4 Å². The van der Waals surface area contributed by atoms with Crippen molar-refractivity contribution in [1.82, 2.24) is 4.90 Å². The van der Waals surface area contributed by atoms with E-state index in [-0.39, 0.29) is 5.41 Å². The Morgan fingerprint density at radius 2 is 1.88 bits per heavy atom. The number of nitrogens with zero attached hydrogens (tertiary/aromatic N) is 1. The van der Waals surface area contributed by atoms with Gasteiger partial charge in [0.2, 0.25) is 0 Å². The molecule has 0 radical (unpaired) electrons. The first-order valence-corrected chi connectivity index (χ1v) is 10.2. The van der Waals surface area contributed by atoms with Crippen molar-refractivity contribution in [3.63, 3.8) is 0 Å². The monoisotopic (exact) mass is 355 g/mol. The lowest BCUT2D eigenvalue weighted by atomic mass is 9.86. The summed E-state index contributed by atoms with van der Waals surface area (Å²) in [6, 6.07) is 8.88. The molecule has 1 aromatic rings. The predicted molar refractivity (Wildman–Crippen MR) is 113 cm³/mol. The standard InChI is InChI=1S/C24H37NO/c1-7-11-19(2)15-16-20(3)25-17-10-12-21(25)18-26-23-14-9-8-13-22(23)24(4,5)6/h8-9,13-14,21H,2-3,7,10-12,15-18H2,1,4-6H3. The molecule has 0 saturated carbocycles. The van der Waals surface area contributed by atoms with E-state index in [2.05, 4.69) is 70.0 Å². The number of likely N-dealkylation sites (tertiary alicyclic amines) is 1. The highest BCUT2D eigenvalue weighted by atomic mass is 16.5. The van der Waals surface area contributed by atoms with Crippen molar-refractivity contribution < 1.29 is 4.74 Å². The first kappa shape index (κ1) is 20.6. The Kier molecular flexibility index (Phi) is 7.37. The van der Waals surface area contributed by atoms with Crippen molar-refractivity contribution in [3.8, 4) is 5.75 Å². The van der Waals surface area contributed by atoms with Crippen molar-refractivity contribution in [2.75, 3.05) is 13.2 Å². The average molecular weight is 356 g/mol. The Bertz CT molecular complexity index is 611. The summed E-state index contributed by atoms with van der Waals surface area (Å²) in [5.41, 5.74) is 3.96. The molecule has 1 atom stereocenters. The number of hydrogen-bond acceptors (Lipinski definition) is 2. The molecule has 1 saturated heterocycles. The van der Waals surface area contributed by atoms with Gasteiger partial charge in [-0.2, -0.15) is 0 Å². The van der Waals surface area contributed by atoms with Crippen LogP contribution in [0.4, 0.5) is 0 Å². The summed E-state index contributed by atoms with van der Waals surface area (Å²) in [4.78, 5) is 2.47. The highest BCUT2D eigenvalue weighted by Crippen LogP contribution is 2.32. The third-order valence-electron chi connectivity index (χ3n) is 5.28. The quantitative estimate of drug-likeness (QED) is 0.470. The third-order valence-corrected chi connectivity index (χ3v) is 5.28. The molecule has 2 heteroatoms. The Balaban J connectivity index is 1.93. The van der Waals surface area contributed by atoms with Crippen LogP contribution in [0.15, 0.2) is 48.7 Å². The zero-order valence-electron chi connectivity index (χ0n) is 17.3. The van der Waals surface area contributed by atoms with Crippen molar-refractivity contribution in [2.45, 2.75) is 77.7 Å². The molecule has 0 aromatic heterocycles. The number of rotatable bonds is 9. The third kappa shape index (κ3) is 5.65. The maximum atomic E-state index is 6.29. The number of para-hydroxylation sites is 1. The minimum atomic E-state index is 0.0925. The van der Waals surface area contributed by atoms with Crippen LogP contribution in [-0.2, 0) is 5.41 Å². The highest BCUT2D eigenvalue weighted by molar-refractivity contribution is 5.38. The number of ether oxygens (including phenoxy) is 1. The van der Waals surface area contributed by atoms with Gasteiger partial charge in [-0.1, -0.05) is 71.0 Å². The maximum Gasteiger partial charge on any atom is 0.123 e. The fourth-order valence-electron chi connectivity index (χ4n) is 3.77. The topological polar surface area (TPSA) is 12.5 Å². The second kappa shape index (κ2) is 9.30. The molecule has 144 valence electrons. The van der Waals surface area contributed by atoms with Gasteiger partial charge in [-0.25, -0.2) is 0 Å². The molecule has 1 aliphatic rings. The van der Waals surface area contributed by atoms with Gasteiger partial charge < -0.3 is 9.64 Å². The van der Waals surface area contributed by atoms with Crippen molar-refractivity contribution in [1.29, 1.82) is 0 Å². The Morgan fingerprint density at radius 3 is 2.58 bits per heavy atom. The van der Waals surface area contributed by atoms with Gasteiger partial charge in [0.05, 0.1) is 6.04 Å². The molecular weight excluding hydrogens is 318 g/mol. The van der Waals surface area contributed by atoms with E-state index < -0.39 is 0 Å². The van der Waals surface area contributed by atoms with E-state index in [0.717, 1.165) is 38.2 Å². The van der Waals surface area contributed by atoms with Crippen LogP contribution in [0.5, 0.6) is 5.75 Å². The van der Waals surface area contributed by atoms with Crippen molar-refractivity contribution in [2.24, 2.45) is 0 Å². The number of benzene rings is 1. The van der Waals surface area contributed by atoms with Crippen LogP contribution < -0.4 is 4.74 Å². The van der Waals surface area contributed by atoms with Gasteiger partial charge in [-0.05, 0) is 49.1 Å². The summed E-state index contributed by atoms with van der Waals surface area (Å²) < 4.78 is 6.29. The molecule has 0 amide bonds. The molecule has 0 bridgehead atoms. The summed E-state index contributed by atoms with van der Waals surface area (Å²) in [5, 5.41) is 0. The van der Waals surface area contributed by atoms with Crippen LogP contribution in [0.1, 0.15) is 71.8 Å². The molecule has 2 rings (SSSR count). The highest BCUT2D eigenvalue weighted by Gasteiger charge is 2.27. The van der Waals surface area contributed by atoms with E-state index in [1.54, 1.807) is 0 Å². The second-order valence-corrected chi connectivity index (χ2v) is 8.61. The lowest BCUT2D eigenvalue weighted by molar-refractivity contribution is 0.197. The molecule has 2 nitrogen and oxygen atoms in total. The molecule has 0 aliphatic carbocycles. The SMILES string of the molecule is C=C(CCC)CCC(=C)N1CCCC1COc1ccccc1C(C)(C)C. The Morgan fingerprint density at radius 1 is 1.15 bits per heavy atom. The molecule has 0 spiro atoms. The predicted octanol–water partition coefficient (Wildman–Crippen LogP) is 6.48. The normalized spacial score (nSPS) is 17.4. The summed E-state index contributed by atoms with van der Waals surface area (Å²) in [5.74, 6) is 1.02. The zero-order chi connectivity index (χ0) is 19.2. The van der Waals surface area contributed by atoms with Gasteiger partial charge in [-0.3, -0.25) is 0 Å². The molecule has 1 aliphatic heterocycles. The van der Waals surface area contributed by atoms with E-state index in [4.69, 9.17) is 4.74 Å². The van der Waals surface area contributed by atoms with E-state index in [1.807, 2.05) is 0 Å². The van der Waals surface area contributed by atoms with Crippen molar-refractivity contribution in [3.05, 3.63) is 54.3 Å². The lowest BCUT2D eigenvalue weighted by Crippen LogP contribution is -2.33. The molecule has 1 heterocycles.